The van der Waals surface area contributed by atoms with Gasteiger partial charge in [0.25, 0.3) is 0 Å². The van der Waals surface area contributed by atoms with Crippen molar-refractivity contribution in [1.29, 1.82) is 0 Å². The maximum atomic E-state index is 12.7. The number of methoxy groups -OCH3 is 1. The molecule has 1 fully saturated rings. The van der Waals surface area contributed by atoms with Crippen LogP contribution in [0.25, 0.3) is 0 Å². The molecule has 6 nitrogen and oxygen atoms in total. The molecular weight excluding hydrogens is 408 g/mol. The molecule has 0 radical (unpaired) electrons. The van der Waals surface area contributed by atoms with E-state index < -0.39 is 0 Å². The van der Waals surface area contributed by atoms with Crippen molar-refractivity contribution >= 4 is 29.2 Å². The largest absolute Gasteiger partial charge is 0.497 e. The number of aromatic nitrogens is 2. The first-order valence-corrected chi connectivity index (χ1v) is 11.2. The topological polar surface area (TPSA) is 67.3 Å². The van der Waals surface area contributed by atoms with Crippen LogP contribution in [0.1, 0.15) is 18.4 Å². The van der Waals surface area contributed by atoms with E-state index in [1.54, 1.807) is 31.3 Å². The van der Waals surface area contributed by atoms with E-state index in [2.05, 4.69) is 51.4 Å². The average Bonchev–Trinajstić information content (AvgIpc) is 2.81. The first kappa shape index (κ1) is 21.2. The molecule has 3 aromatic rings. The predicted octanol–water partition coefficient (Wildman–Crippen LogP) is 4.80. The number of nitrogens with zero attached hydrogens (tertiary/aromatic N) is 3. The lowest BCUT2D eigenvalue weighted by molar-refractivity contribution is -0.120. The first-order chi connectivity index (χ1) is 15.1. The molecule has 4 rings (SSSR count). The molecule has 31 heavy (non-hydrogen) atoms. The predicted molar refractivity (Wildman–Crippen MR) is 124 cm³/mol. The molecule has 0 atom stereocenters. The molecule has 160 valence electrons. The fourth-order valence-corrected chi connectivity index (χ4v) is 4.48. The maximum absolute atomic E-state index is 12.7. The Bertz CT molecular complexity index is 1020. The smallest absolute Gasteiger partial charge is 0.227 e. The summed E-state index contributed by atoms with van der Waals surface area (Å²) in [4.78, 5) is 25.2. The zero-order valence-electron chi connectivity index (χ0n) is 17.7. The second-order valence-electron chi connectivity index (χ2n) is 7.58. The fourth-order valence-electron chi connectivity index (χ4n) is 3.60. The van der Waals surface area contributed by atoms with Crippen LogP contribution in [0.2, 0.25) is 0 Å². The molecule has 1 amide bonds. The summed E-state index contributed by atoms with van der Waals surface area (Å²) in [6.07, 6.45) is 5.03. The Kier molecular flexibility index (Phi) is 6.72. The monoisotopic (exact) mass is 434 g/mol. The van der Waals surface area contributed by atoms with Gasteiger partial charge < -0.3 is 15.0 Å². The zero-order valence-corrected chi connectivity index (χ0v) is 18.6. The summed E-state index contributed by atoms with van der Waals surface area (Å²) in [5.74, 6) is 1.72. The van der Waals surface area contributed by atoms with Gasteiger partial charge in [-0.05, 0) is 56.2 Å². The van der Waals surface area contributed by atoms with E-state index in [9.17, 15) is 4.79 Å². The number of aryl methyl sites for hydroxylation is 1. The number of rotatable bonds is 6. The van der Waals surface area contributed by atoms with Gasteiger partial charge in [-0.15, -0.1) is 0 Å². The van der Waals surface area contributed by atoms with Crippen molar-refractivity contribution in [3.63, 3.8) is 0 Å². The van der Waals surface area contributed by atoms with E-state index in [1.165, 1.54) is 5.56 Å². The molecule has 1 aliphatic heterocycles. The van der Waals surface area contributed by atoms with Crippen molar-refractivity contribution in [2.45, 2.75) is 29.7 Å². The number of hydrogen-bond acceptors (Lipinski definition) is 6. The molecule has 1 aromatic heterocycles. The highest BCUT2D eigenvalue weighted by atomic mass is 32.2. The van der Waals surface area contributed by atoms with Gasteiger partial charge in [0.05, 0.1) is 7.11 Å². The molecule has 0 aliphatic carbocycles. The molecule has 7 heteroatoms. The molecule has 0 saturated carbocycles. The van der Waals surface area contributed by atoms with Crippen molar-refractivity contribution in [3.05, 3.63) is 66.5 Å². The van der Waals surface area contributed by atoms with Crippen LogP contribution < -0.4 is 15.0 Å². The molecule has 0 unspecified atom stereocenters. The molecular formula is C24H26N4O2S. The quantitative estimate of drug-likeness (QED) is 0.601. The summed E-state index contributed by atoms with van der Waals surface area (Å²) in [5, 5.41) is 3.92. The van der Waals surface area contributed by atoms with Crippen LogP contribution in [0.4, 0.5) is 11.5 Å². The minimum atomic E-state index is -0.0109. The van der Waals surface area contributed by atoms with Crippen molar-refractivity contribution in [1.82, 2.24) is 9.97 Å². The van der Waals surface area contributed by atoms with Gasteiger partial charge >= 0.3 is 0 Å². The number of benzene rings is 2. The number of hydrogen-bond donors (Lipinski definition) is 1. The van der Waals surface area contributed by atoms with Gasteiger partial charge in [-0.3, -0.25) is 4.79 Å². The van der Waals surface area contributed by atoms with Crippen LogP contribution in [0, 0.1) is 12.8 Å². The van der Waals surface area contributed by atoms with Crippen LogP contribution in [0.3, 0.4) is 0 Å². The van der Waals surface area contributed by atoms with Gasteiger partial charge in [-0.1, -0.05) is 29.5 Å². The first-order valence-electron chi connectivity index (χ1n) is 10.4. The van der Waals surface area contributed by atoms with Gasteiger partial charge in [0.15, 0.2) is 5.82 Å². The second-order valence-corrected chi connectivity index (χ2v) is 8.64. The molecule has 1 aliphatic rings. The number of nitrogens with one attached hydrogen (secondary N) is 1. The van der Waals surface area contributed by atoms with Crippen molar-refractivity contribution in [2.24, 2.45) is 5.92 Å². The maximum Gasteiger partial charge on any atom is 0.227 e. The lowest BCUT2D eigenvalue weighted by Crippen LogP contribution is -2.38. The molecule has 0 bridgehead atoms. The van der Waals surface area contributed by atoms with E-state index in [0.717, 1.165) is 53.1 Å². The summed E-state index contributed by atoms with van der Waals surface area (Å²) in [5.41, 5.74) is 2.03. The van der Waals surface area contributed by atoms with E-state index >= 15 is 0 Å². The molecule has 0 spiro atoms. The SMILES string of the molecule is COc1ccc(NC(=O)C2CCN(c3nccnc3Sc3ccc(C)cc3)CC2)cc1. The Labute approximate surface area is 187 Å². The third-order valence-corrected chi connectivity index (χ3v) is 6.39. The summed E-state index contributed by atoms with van der Waals surface area (Å²) < 4.78 is 5.17. The Morgan fingerprint density at radius 2 is 1.71 bits per heavy atom. The summed E-state index contributed by atoms with van der Waals surface area (Å²) >= 11 is 1.62. The second kappa shape index (κ2) is 9.83. The highest BCUT2D eigenvalue weighted by Gasteiger charge is 2.27. The lowest BCUT2D eigenvalue weighted by Gasteiger charge is -2.32. The van der Waals surface area contributed by atoms with E-state index in [1.807, 2.05) is 24.3 Å². The van der Waals surface area contributed by atoms with Crippen LogP contribution in [0.15, 0.2) is 70.8 Å². The third kappa shape index (κ3) is 5.35. The van der Waals surface area contributed by atoms with E-state index in [0.29, 0.717) is 0 Å². The van der Waals surface area contributed by atoms with E-state index in [-0.39, 0.29) is 11.8 Å². The van der Waals surface area contributed by atoms with Gasteiger partial charge in [0, 0.05) is 42.0 Å². The van der Waals surface area contributed by atoms with Gasteiger partial charge in [-0.25, -0.2) is 9.97 Å². The van der Waals surface area contributed by atoms with Gasteiger partial charge in [0.2, 0.25) is 5.91 Å². The minimum absolute atomic E-state index is 0.0109. The average molecular weight is 435 g/mol. The number of carbonyl (C=O) groups excluding carboxylic acids is 1. The Balaban J connectivity index is 1.37. The summed E-state index contributed by atoms with van der Waals surface area (Å²) in [7, 11) is 1.63. The van der Waals surface area contributed by atoms with Crippen LogP contribution >= 0.6 is 11.8 Å². The lowest BCUT2D eigenvalue weighted by atomic mass is 9.96. The van der Waals surface area contributed by atoms with Crippen molar-refractivity contribution < 1.29 is 9.53 Å². The Morgan fingerprint density at radius 1 is 1.03 bits per heavy atom. The van der Waals surface area contributed by atoms with Crippen molar-refractivity contribution in [2.75, 3.05) is 30.4 Å². The number of amides is 1. The molecule has 2 aromatic carbocycles. The third-order valence-electron chi connectivity index (χ3n) is 5.40. The van der Waals surface area contributed by atoms with Crippen LogP contribution in [0.5, 0.6) is 5.75 Å². The van der Waals surface area contributed by atoms with Gasteiger partial charge in [-0.2, -0.15) is 0 Å². The number of piperidine rings is 1. The molecule has 2 heterocycles. The number of anilines is 2. The van der Waals surface area contributed by atoms with Crippen LogP contribution in [-0.4, -0.2) is 36.1 Å². The number of carbonyl (C=O) groups is 1. The van der Waals surface area contributed by atoms with Gasteiger partial charge in [0.1, 0.15) is 10.8 Å². The Morgan fingerprint density at radius 3 is 2.39 bits per heavy atom. The Hall–Kier alpha value is -3.06. The van der Waals surface area contributed by atoms with Crippen molar-refractivity contribution in [3.8, 4) is 5.75 Å². The highest BCUT2D eigenvalue weighted by Crippen LogP contribution is 2.34. The summed E-state index contributed by atoms with van der Waals surface area (Å²) in [6, 6.07) is 15.8. The minimum Gasteiger partial charge on any atom is -0.497 e. The van der Waals surface area contributed by atoms with Crippen LogP contribution in [-0.2, 0) is 4.79 Å². The molecule has 1 saturated heterocycles. The summed E-state index contributed by atoms with van der Waals surface area (Å²) in [6.45, 7) is 3.64. The van der Waals surface area contributed by atoms with E-state index in [4.69, 9.17) is 4.74 Å². The standard InChI is InChI=1S/C24H26N4O2S/c1-17-3-9-21(10-4-17)31-24-22(25-13-14-26-24)28-15-11-18(12-16-28)23(29)27-19-5-7-20(30-2)8-6-19/h3-10,13-14,18H,11-12,15-16H2,1-2H3,(H,27,29). The highest BCUT2D eigenvalue weighted by molar-refractivity contribution is 7.99. The zero-order chi connectivity index (χ0) is 21.6. The normalized spacial score (nSPS) is 14.3. The molecule has 1 N–H and O–H groups in total. The fraction of sp³-hybridized carbons (Fsp3) is 0.292. The number of ether oxygens (including phenoxy) is 1.